The molecule has 6 aromatic rings. The second-order valence-electron chi connectivity index (χ2n) is 7.82. The van der Waals surface area contributed by atoms with Gasteiger partial charge < -0.3 is 4.98 Å². The highest BCUT2D eigenvalue weighted by Crippen LogP contribution is 2.34. The number of aromatic amines is 2. The Morgan fingerprint density at radius 3 is 2.66 bits per heavy atom. The van der Waals surface area contributed by atoms with Crippen LogP contribution in [-0.2, 0) is 0 Å². The summed E-state index contributed by atoms with van der Waals surface area (Å²) in [4.78, 5) is 12.6. The first-order valence-electron chi connectivity index (χ1n) is 10.3. The maximum atomic E-state index is 13.8. The second-order valence-corrected chi connectivity index (χ2v) is 7.82. The van der Waals surface area contributed by atoms with Gasteiger partial charge in [0.2, 0.25) is 0 Å². The molecule has 5 nitrogen and oxygen atoms in total. The third kappa shape index (κ3) is 2.96. The Morgan fingerprint density at radius 1 is 0.875 bits per heavy atom. The zero-order valence-corrected chi connectivity index (χ0v) is 17.2. The number of H-pyrrole nitrogens is 2. The quantitative estimate of drug-likeness (QED) is 0.354. The van der Waals surface area contributed by atoms with E-state index in [2.05, 4.69) is 26.2 Å². The predicted octanol–water partition coefficient (Wildman–Crippen LogP) is 6.28. The van der Waals surface area contributed by atoms with Crippen molar-refractivity contribution >= 4 is 21.9 Å². The standard InChI is InChI=1S/C26H18FN5/c1-15-10-11-28-14-20(15)22-8-9-23-25(30-22)26(32-31-23)24-13-19-18(6-3-7-21(19)29-24)16-4-2-5-17(27)12-16/h2-14,29H,1H3,(H,31,32). The Morgan fingerprint density at radius 2 is 1.78 bits per heavy atom. The summed E-state index contributed by atoms with van der Waals surface area (Å²) in [6.45, 7) is 2.05. The molecule has 2 aromatic carbocycles. The number of hydrogen-bond donors (Lipinski definition) is 2. The molecule has 0 aliphatic heterocycles. The lowest BCUT2D eigenvalue weighted by molar-refractivity contribution is 0.628. The van der Waals surface area contributed by atoms with Gasteiger partial charge in [-0.3, -0.25) is 10.1 Å². The summed E-state index contributed by atoms with van der Waals surface area (Å²) in [5.41, 5.74) is 8.93. The molecule has 2 N–H and O–H groups in total. The summed E-state index contributed by atoms with van der Waals surface area (Å²) in [6, 6.07) is 20.6. The van der Waals surface area contributed by atoms with Crippen LogP contribution in [0.4, 0.5) is 4.39 Å². The van der Waals surface area contributed by atoms with E-state index in [9.17, 15) is 4.39 Å². The Hall–Kier alpha value is -4.32. The number of aromatic nitrogens is 5. The summed E-state index contributed by atoms with van der Waals surface area (Å²) in [6.07, 6.45) is 3.61. The van der Waals surface area contributed by atoms with E-state index in [1.54, 1.807) is 18.3 Å². The summed E-state index contributed by atoms with van der Waals surface area (Å²) < 4.78 is 13.8. The minimum Gasteiger partial charge on any atom is -0.353 e. The molecule has 0 aliphatic rings. The number of pyridine rings is 2. The topological polar surface area (TPSA) is 70.2 Å². The predicted molar refractivity (Wildman–Crippen MR) is 125 cm³/mol. The fraction of sp³-hybridized carbons (Fsp3) is 0.0385. The number of nitrogens with one attached hydrogen (secondary N) is 2. The van der Waals surface area contributed by atoms with Crippen molar-refractivity contribution in [2.24, 2.45) is 0 Å². The number of hydrogen-bond acceptors (Lipinski definition) is 3. The molecule has 6 rings (SSSR count). The lowest BCUT2D eigenvalue weighted by Crippen LogP contribution is -1.89. The average molecular weight is 419 g/mol. The SMILES string of the molecule is Cc1ccncc1-c1ccc2[nH]nc(-c3cc4c(-c5cccc(F)c5)cccc4[nH]3)c2n1. The van der Waals surface area contributed by atoms with Gasteiger partial charge in [0.1, 0.15) is 17.0 Å². The van der Waals surface area contributed by atoms with Crippen LogP contribution in [0.3, 0.4) is 0 Å². The number of nitrogens with zero attached hydrogens (tertiary/aromatic N) is 3. The third-order valence-corrected chi connectivity index (χ3v) is 5.78. The molecule has 0 aliphatic carbocycles. The lowest BCUT2D eigenvalue weighted by Gasteiger charge is -2.04. The van der Waals surface area contributed by atoms with E-state index in [1.165, 1.54) is 6.07 Å². The smallest absolute Gasteiger partial charge is 0.135 e. The lowest BCUT2D eigenvalue weighted by atomic mass is 10.0. The Bertz CT molecular complexity index is 1610. The number of halogens is 1. The minimum atomic E-state index is -0.254. The molecule has 0 bridgehead atoms. The van der Waals surface area contributed by atoms with Crippen LogP contribution in [-0.4, -0.2) is 25.1 Å². The normalized spacial score (nSPS) is 11.4. The van der Waals surface area contributed by atoms with Gasteiger partial charge in [0, 0.05) is 28.9 Å². The fourth-order valence-corrected chi connectivity index (χ4v) is 4.16. The molecule has 0 amide bonds. The van der Waals surface area contributed by atoms with Crippen LogP contribution in [0, 0.1) is 12.7 Å². The third-order valence-electron chi connectivity index (χ3n) is 5.78. The van der Waals surface area contributed by atoms with Crippen LogP contribution in [0.2, 0.25) is 0 Å². The van der Waals surface area contributed by atoms with Gasteiger partial charge in [0.15, 0.2) is 0 Å². The van der Waals surface area contributed by atoms with Gasteiger partial charge >= 0.3 is 0 Å². The zero-order valence-electron chi connectivity index (χ0n) is 17.2. The molecule has 4 aromatic heterocycles. The van der Waals surface area contributed by atoms with Gasteiger partial charge in [0.05, 0.1) is 16.9 Å². The van der Waals surface area contributed by atoms with Crippen LogP contribution in [0.25, 0.3) is 55.7 Å². The van der Waals surface area contributed by atoms with Crippen molar-refractivity contribution in [2.45, 2.75) is 6.92 Å². The molecule has 154 valence electrons. The molecule has 0 saturated carbocycles. The molecule has 0 spiro atoms. The first-order valence-corrected chi connectivity index (χ1v) is 10.3. The van der Waals surface area contributed by atoms with Crippen molar-refractivity contribution < 1.29 is 4.39 Å². The van der Waals surface area contributed by atoms with Crippen molar-refractivity contribution in [1.82, 2.24) is 25.1 Å². The Labute approximate surface area is 183 Å². The van der Waals surface area contributed by atoms with Gasteiger partial charge in [-0.1, -0.05) is 24.3 Å². The highest BCUT2D eigenvalue weighted by Gasteiger charge is 2.16. The number of aryl methyl sites for hydroxylation is 1. The number of fused-ring (bicyclic) bond motifs is 2. The first-order chi connectivity index (χ1) is 15.7. The molecule has 4 heterocycles. The summed E-state index contributed by atoms with van der Waals surface area (Å²) in [5, 5.41) is 8.62. The average Bonchev–Trinajstić information content (AvgIpc) is 3.42. The van der Waals surface area contributed by atoms with Crippen LogP contribution in [0.1, 0.15) is 5.56 Å². The monoisotopic (exact) mass is 419 g/mol. The summed E-state index contributed by atoms with van der Waals surface area (Å²) in [7, 11) is 0. The van der Waals surface area contributed by atoms with Gasteiger partial charge in [-0.15, -0.1) is 0 Å². The van der Waals surface area contributed by atoms with Crippen LogP contribution in [0.5, 0.6) is 0 Å². The van der Waals surface area contributed by atoms with Crippen LogP contribution >= 0.6 is 0 Å². The van der Waals surface area contributed by atoms with Crippen molar-refractivity contribution in [3.63, 3.8) is 0 Å². The van der Waals surface area contributed by atoms with Gasteiger partial charge in [-0.05, 0) is 66.1 Å². The summed E-state index contributed by atoms with van der Waals surface area (Å²) >= 11 is 0. The maximum absolute atomic E-state index is 13.8. The van der Waals surface area contributed by atoms with Gasteiger partial charge in [-0.2, -0.15) is 5.10 Å². The molecular weight excluding hydrogens is 401 g/mol. The van der Waals surface area contributed by atoms with Crippen LogP contribution in [0.15, 0.2) is 79.1 Å². The van der Waals surface area contributed by atoms with Crippen molar-refractivity contribution in [1.29, 1.82) is 0 Å². The van der Waals surface area contributed by atoms with E-state index in [-0.39, 0.29) is 5.82 Å². The van der Waals surface area contributed by atoms with E-state index in [0.717, 1.165) is 61.3 Å². The highest BCUT2D eigenvalue weighted by atomic mass is 19.1. The Balaban J connectivity index is 1.52. The molecule has 0 radical (unpaired) electrons. The van der Waals surface area contributed by atoms with Crippen molar-refractivity contribution in [3.8, 4) is 33.8 Å². The molecular formula is C26H18FN5. The second kappa shape index (κ2) is 7.13. The van der Waals surface area contributed by atoms with E-state index in [0.29, 0.717) is 0 Å². The van der Waals surface area contributed by atoms with E-state index >= 15 is 0 Å². The van der Waals surface area contributed by atoms with E-state index < -0.39 is 0 Å². The molecule has 32 heavy (non-hydrogen) atoms. The molecule has 0 fully saturated rings. The first kappa shape index (κ1) is 18.4. The molecule has 0 saturated heterocycles. The van der Waals surface area contributed by atoms with Gasteiger partial charge in [0.25, 0.3) is 0 Å². The zero-order chi connectivity index (χ0) is 21.7. The molecule has 0 atom stereocenters. The van der Waals surface area contributed by atoms with Gasteiger partial charge in [-0.25, -0.2) is 9.37 Å². The largest absolute Gasteiger partial charge is 0.353 e. The molecule has 6 heteroatoms. The number of rotatable bonds is 3. The fourth-order valence-electron chi connectivity index (χ4n) is 4.16. The Kier molecular flexibility index (Phi) is 4.11. The van der Waals surface area contributed by atoms with Crippen LogP contribution < -0.4 is 0 Å². The number of benzene rings is 2. The molecule has 0 unspecified atom stereocenters. The maximum Gasteiger partial charge on any atom is 0.135 e. The van der Waals surface area contributed by atoms with E-state index in [4.69, 9.17) is 4.98 Å². The highest BCUT2D eigenvalue weighted by molar-refractivity contribution is 6.00. The summed E-state index contributed by atoms with van der Waals surface area (Å²) in [5.74, 6) is -0.254. The van der Waals surface area contributed by atoms with E-state index in [1.807, 2.05) is 55.6 Å². The van der Waals surface area contributed by atoms with Crippen molar-refractivity contribution in [2.75, 3.05) is 0 Å². The minimum absolute atomic E-state index is 0.254. The van der Waals surface area contributed by atoms with Crippen molar-refractivity contribution in [3.05, 3.63) is 90.5 Å².